The molecular formula is C29H39N5O6. The molecule has 1 unspecified atom stereocenters. The largest absolute Gasteiger partial charge is 0.459 e. The van der Waals surface area contributed by atoms with Crippen LogP contribution in [0.4, 0.5) is 5.69 Å². The summed E-state index contributed by atoms with van der Waals surface area (Å²) in [5.74, 6) is -1.53. The molecule has 0 spiro atoms. The fraction of sp³-hybridized carbons (Fsp3) is 0.621. The van der Waals surface area contributed by atoms with Gasteiger partial charge in [-0.05, 0) is 71.2 Å². The third-order valence-electron chi connectivity index (χ3n) is 8.16. The van der Waals surface area contributed by atoms with Crippen LogP contribution in [0.1, 0.15) is 67.2 Å². The van der Waals surface area contributed by atoms with Gasteiger partial charge in [-0.25, -0.2) is 0 Å². The highest BCUT2D eigenvalue weighted by molar-refractivity contribution is 6.25. The zero-order valence-corrected chi connectivity index (χ0v) is 23.6. The number of ether oxygens (including phenoxy) is 1. The zero-order valence-electron chi connectivity index (χ0n) is 23.6. The molecule has 0 aromatic heterocycles. The van der Waals surface area contributed by atoms with Crippen molar-refractivity contribution in [3.63, 3.8) is 0 Å². The first-order valence-electron chi connectivity index (χ1n) is 14.3. The smallest absolute Gasteiger partial charge is 0.320 e. The van der Waals surface area contributed by atoms with Crippen LogP contribution in [0, 0.1) is 5.92 Å². The third kappa shape index (κ3) is 6.05. The van der Waals surface area contributed by atoms with Crippen LogP contribution in [0.5, 0.6) is 0 Å². The van der Waals surface area contributed by atoms with E-state index in [4.69, 9.17) is 4.74 Å². The number of anilines is 1. The number of carbonyl (C=O) groups is 5. The lowest BCUT2D eigenvalue weighted by Crippen LogP contribution is -2.54. The fourth-order valence-corrected chi connectivity index (χ4v) is 6.18. The molecule has 1 aromatic carbocycles. The molecule has 4 aliphatic rings. The van der Waals surface area contributed by atoms with Crippen molar-refractivity contribution < 1.29 is 28.7 Å². The van der Waals surface area contributed by atoms with E-state index >= 15 is 0 Å². The number of likely N-dealkylation sites (tertiary alicyclic amines) is 1. The van der Waals surface area contributed by atoms with Crippen LogP contribution in [0.2, 0.25) is 0 Å². The van der Waals surface area contributed by atoms with E-state index in [0.717, 1.165) is 69.2 Å². The first-order valence-corrected chi connectivity index (χ1v) is 14.3. The number of rotatable bonds is 6. The van der Waals surface area contributed by atoms with Gasteiger partial charge in [0.25, 0.3) is 11.8 Å². The van der Waals surface area contributed by atoms with Gasteiger partial charge in [0.05, 0.1) is 23.4 Å². The van der Waals surface area contributed by atoms with E-state index in [2.05, 4.69) is 20.0 Å². The second-order valence-electron chi connectivity index (χ2n) is 12.2. The van der Waals surface area contributed by atoms with Crippen LogP contribution in [0.15, 0.2) is 18.2 Å². The Kier molecular flexibility index (Phi) is 7.96. The van der Waals surface area contributed by atoms with Crippen molar-refractivity contribution >= 4 is 35.3 Å². The zero-order chi connectivity index (χ0) is 28.6. The Labute approximate surface area is 234 Å². The molecule has 4 heterocycles. The van der Waals surface area contributed by atoms with Crippen LogP contribution in [0.3, 0.4) is 0 Å². The summed E-state index contributed by atoms with van der Waals surface area (Å²) in [6.07, 6.45) is 2.33. The Balaban J connectivity index is 1.14. The molecule has 4 amide bonds. The first-order chi connectivity index (χ1) is 19.0. The molecule has 11 nitrogen and oxygen atoms in total. The minimum absolute atomic E-state index is 0.0986. The first kappa shape index (κ1) is 28.2. The second kappa shape index (κ2) is 11.3. The van der Waals surface area contributed by atoms with Gasteiger partial charge in [-0.3, -0.25) is 44.0 Å². The number of hydrogen-bond donors (Lipinski definition) is 1. The molecule has 0 saturated carbocycles. The monoisotopic (exact) mass is 553 g/mol. The average Bonchev–Trinajstić information content (AvgIpc) is 3.14. The van der Waals surface area contributed by atoms with Gasteiger partial charge in [0.2, 0.25) is 11.8 Å². The SMILES string of the molecule is CC(C)(C)OC(=O)CN1CCC(CN2CCN(c3cccc4c3C(=O)N(C3CCC(=O)NC3=O)C4=O)CC2)CC1. The van der Waals surface area contributed by atoms with Gasteiger partial charge in [0.15, 0.2) is 0 Å². The molecule has 0 aliphatic carbocycles. The van der Waals surface area contributed by atoms with Crippen molar-refractivity contribution in [1.82, 2.24) is 20.0 Å². The molecule has 11 heteroatoms. The standard InChI is InChI=1S/C29H39N5O6/c1-29(2,3)40-24(36)18-31-11-9-19(10-12-31)17-32-13-15-33(16-14-32)21-6-4-5-20-25(21)28(39)34(27(20)38)22-7-8-23(35)30-26(22)37/h4-6,19,22H,7-18H2,1-3H3,(H,30,35,37). The molecule has 216 valence electrons. The number of nitrogens with one attached hydrogen (secondary N) is 1. The summed E-state index contributed by atoms with van der Waals surface area (Å²) in [6.45, 7) is 11.9. The predicted molar refractivity (Wildman–Crippen MR) is 147 cm³/mol. The summed E-state index contributed by atoms with van der Waals surface area (Å²) in [4.78, 5) is 70.6. The third-order valence-corrected chi connectivity index (χ3v) is 8.16. The summed E-state index contributed by atoms with van der Waals surface area (Å²) in [7, 11) is 0. The summed E-state index contributed by atoms with van der Waals surface area (Å²) in [5, 5.41) is 2.25. The maximum Gasteiger partial charge on any atom is 0.320 e. The Morgan fingerprint density at radius 3 is 2.27 bits per heavy atom. The Morgan fingerprint density at radius 1 is 0.925 bits per heavy atom. The molecule has 4 aliphatic heterocycles. The number of fused-ring (bicyclic) bond motifs is 1. The highest BCUT2D eigenvalue weighted by Gasteiger charge is 2.46. The number of esters is 1. The van der Waals surface area contributed by atoms with Gasteiger partial charge in [0.1, 0.15) is 11.6 Å². The molecule has 0 bridgehead atoms. The molecule has 3 saturated heterocycles. The number of amides is 4. The van der Waals surface area contributed by atoms with E-state index in [1.54, 1.807) is 12.1 Å². The lowest BCUT2D eigenvalue weighted by molar-refractivity contribution is -0.156. The second-order valence-corrected chi connectivity index (χ2v) is 12.2. The Morgan fingerprint density at radius 2 is 1.62 bits per heavy atom. The molecule has 1 atom stereocenters. The predicted octanol–water partition coefficient (Wildman–Crippen LogP) is 1.26. The summed E-state index contributed by atoms with van der Waals surface area (Å²) in [5.41, 5.74) is 0.921. The Hall–Kier alpha value is -3.31. The molecule has 40 heavy (non-hydrogen) atoms. The van der Waals surface area contributed by atoms with Crippen molar-refractivity contribution in [3.05, 3.63) is 29.3 Å². The molecule has 1 N–H and O–H groups in total. The quantitative estimate of drug-likeness (QED) is 0.410. The van der Waals surface area contributed by atoms with E-state index in [0.29, 0.717) is 23.6 Å². The average molecular weight is 554 g/mol. The maximum atomic E-state index is 13.5. The van der Waals surface area contributed by atoms with Crippen LogP contribution >= 0.6 is 0 Å². The molecule has 0 radical (unpaired) electrons. The highest BCUT2D eigenvalue weighted by atomic mass is 16.6. The summed E-state index contributed by atoms with van der Waals surface area (Å²) < 4.78 is 5.45. The van der Waals surface area contributed by atoms with Crippen LogP contribution in [-0.2, 0) is 19.1 Å². The highest BCUT2D eigenvalue weighted by Crippen LogP contribution is 2.34. The molecular weight excluding hydrogens is 514 g/mol. The summed E-state index contributed by atoms with van der Waals surface area (Å²) in [6, 6.07) is 4.32. The molecule has 5 rings (SSSR count). The van der Waals surface area contributed by atoms with Gasteiger partial charge in [-0.2, -0.15) is 0 Å². The number of piperazine rings is 1. The number of hydrogen-bond acceptors (Lipinski definition) is 9. The van der Waals surface area contributed by atoms with E-state index < -0.39 is 29.4 Å². The van der Waals surface area contributed by atoms with Crippen LogP contribution in [0.25, 0.3) is 0 Å². The van der Waals surface area contributed by atoms with Crippen molar-refractivity contribution in [2.75, 3.05) is 57.3 Å². The lowest BCUT2D eigenvalue weighted by atomic mass is 9.96. The number of piperidine rings is 2. The number of benzene rings is 1. The normalized spacial score (nSPS) is 23.4. The topological polar surface area (TPSA) is 120 Å². The van der Waals surface area contributed by atoms with Gasteiger partial charge >= 0.3 is 5.97 Å². The van der Waals surface area contributed by atoms with E-state index in [1.807, 2.05) is 26.8 Å². The van der Waals surface area contributed by atoms with Gasteiger partial charge in [-0.1, -0.05) is 6.07 Å². The van der Waals surface area contributed by atoms with Crippen molar-refractivity contribution in [2.24, 2.45) is 5.92 Å². The number of carbonyl (C=O) groups excluding carboxylic acids is 5. The minimum Gasteiger partial charge on any atom is -0.459 e. The minimum atomic E-state index is -0.967. The van der Waals surface area contributed by atoms with Crippen molar-refractivity contribution in [3.8, 4) is 0 Å². The fourth-order valence-electron chi connectivity index (χ4n) is 6.18. The van der Waals surface area contributed by atoms with Crippen LogP contribution in [-0.4, -0.2) is 108 Å². The van der Waals surface area contributed by atoms with Gasteiger partial charge < -0.3 is 9.64 Å². The Bertz CT molecular complexity index is 1190. The van der Waals surface area contributed by atoms with Crippen molar-refractivity contribution in [2.45, 2.75) is 58.1 Å². The lowest BCUT2D eigenvalue weighted by Gasteiger charge is -2.40. The summed E-state index contributed by atoms with van der Waals surface area (Å²) >= 11 is 0. The number of imide groups is 2. The van der Waals surface area contributed by atoms with E-state index in [-0.39, 0.29) is 24.7 Å². The van der Waals surface area contributed by atoms with E-state index in [9.17, 15) is 24.0 Å². The van der Waals surface area contributed by atoms with Gasteiger partial charge in [0, 0.05) is 39.1 Å². The van der Waals surface area contributed by atoms with Crippen molar-refractivity contribution in [1.29, 1.82) is 0 Å². The maximum absolute atomic E-state index is 13.5. The van der Waals surface area contributed by atoms with Gasteiger partial charge in [-0.15, -0.1) is 0 Å². The van der Waals surface area contributed by atoms with E-state index in [1.165, 1.54) is 0 Å². The molecule has 1 aromatic rings. The number of nitrogens with zero attached hydrogens (tertiary/aromatic N) is 4. The van der Waals surface area contributed by atoms with Crippen LogP contribution < -0.4 is 10.2 Å². The molecule has 3 fully saturated rings.